The van der Waals surface area contributed by atoms with Crippen LogP contribution in [0.15, 0.2) is 49.1 Å². The predicted octanol–water partition coefficient (Wildman–Crippen LogP) is 5.43. The van der Waals surface area contributed by atoms with E-state index in [1.54, 1.807) is 0 Å². The third-order valence-corrected chi connectivity index (χ3v) is 6.66. The van der Waals surface area contributed by atoms with Gasteiger partial charge in [0.25, 0.3) is 0 Å². The van der Waals surface area contributed by atoms with Gasteiger partial charge in [-0.1, -0.05) is 25.1 Å². The standard InChI is InChI=1S/C29H39N5O/c1-6-20(2)19-34(5)14-8-7-9-27-31-28(33-32-27)22-11-12-25(30)23(17-22)15-21-10-13-26-24(16-21)18-29(3,4)35-26/h6,10-13,16-17,20H,1,7-9,14-15,18-19,30H2,2-5H3,(H,31,32,33). The summed E-state index contributed by atoms with van der Waals surface area (Å²) in [5.41, 5.74) is 11.6. The lowest BCUT2D eigenvalue weighted by Gasteiger charge is -2.18. The average molecular weight is 474 g/mol. The number of aromatic nitrogens is 3. The van der Waals surface area contributed by atoms with Gasteiger partial charge < -0.3 is 15.4 Å². The van der Waals surface area contributed by atoms with Gasteiger partial charge in [0, 0.05) is 30.6 Å². The minimum Gasteiger partial charge on any atom is -0.487 e. The van der Waals surface area contributed by atoms with Crippen LogP contribution < -0.4 is 10.5 Å². The van der Waals surface area contributed by atoms with Crippen molar-refractivity contribution in [2.75, 3.05) is 25.9 Å². The molecule has 0 fully saturated rings. The van der Waals surface area contributed by atoms with Crippen molar-refractivity contribution in [1.82, 2.24) is 20.1 Å². The molecule has 2 heterocycles. The van der Waals surface area contributed by atoms with Crippen molar-refractivity contribution >= 4 is 5.69 Å². The molecule has 1 aliphatic heterocycles. The summed E-state index contributed by atoms with van der Waals surface area (Å²) in [6.45, 7) is 12.4. The van der Waals surface area contributed by atoms with Crippen molar-refractivity contribution in [1.29, 1.82) is 0 Å². The number of benzene rings is 2. The molecule has 1 atom stereocenters. The van der Waals surface area contributed by atoms with Gasteiger partial charge >= 0.3 is 0 Å². The molecule has 0 saturated heterocycles. The minimum atomic E-state index is -0.136. The fourth-order valence-corrected chi connectivity index (χ4v) is 4.76. The van der Waals surface area contributed by atoms with E-state index in [1.807, 2.05) is 18.2 Å². The van der Waals surface area contributed by atoms with Crippen LogP contribution in [0.1, 0.15) is 56.1 Å². The molecule has 0 saturated carbocycles. The molecule has 35 heavy (non-hydrogen) atoms. The lowest BCUT2D eigenvalue weighted by atomic mass is 9.96. The third kappa shape index (κ3) is 6.51. The van der Waals surface area contributed by atoms with E-state index >= 15 is 0 Å². The summed E-state index contributed by atoms with van der Waals surface area (Å²) in [5, 5.41) is 7.60. The Kier molecular flexibility index (Phi) is 7.60. The van der Waals surface area contributed by atoms with Gasteiger partial charge in [-0.15, -0.1) is 6.58 Å². The fraction of sp³-hybridized carbons (Fsp3) is 0.448. The minimum absolute atomic E-state index is 0.136. The third-order valence-electron chi connectivity index (χ3n) is 6.66. The van der Waals surface area contributed by atoms with Crippen LogP contribution in [0.25, 0.3) is 11.4 Å². The van der Waals surface area contributed by atoms with E-state index in [0.29, 0.717) is 5.92 Å². The summed E-state index contributed by atoms with van der Waals surface area (Å²) in [5.74, 6) is 3.17. The number of anilines is 1. The fourth-order valence-electron chi connectivity index (χ4n) is 4.76. The molecule has 0 amide bonds. The van der Waals surface area contributed by atoms with Crippen molar-refractivity contribution in [2.45, 2.75) is 58.5 Å². The second-order valence-corrected chi connectivity index (χ2v) is 10.6. The largest absolute Gasteiger partial charge is 0.487 e. The zero-order valence-corrected chi connectivity index (χ0v) is 21.6. The molecular weight excluding hydrogens is 434 g/mol. The van der Waals surface area contributed by atoms with Crippen molar-refractivity contribution in [3.8, 4) is 17.1 Å². The van der Waals surface area contributed by atoms with Gasteiger partial charge in [-0.05, 0) is 93.6 Å². The maximum Gasteiger partial charge on any atom is 0.181 e. The number of nitrogens with one attached hydrogen (secondary N) is 1. The van der Waals surface area contributed by atoms with E-state index in [2.05, 4.69) is 73.8 Å². The van der Waals surface area contributed by atoms with Gasteiger partial charge in [0.15, 0.2) is 5.82 Å². The summed E-state index contributed by atoms with van der Waals surface area (Å²) in [6, 6.07) is 12.5. The van der Waals surface area contributed by atoms with E-state index in [9.17, 15) is 0 Å². The van der Waals surface area contributed by atoms with Crippen LogP contribution in [0, 0.1) is 5.92 Å². The number of aromatic amines is 1. The monoisotopic (exact) mass is 473 g/mol. The lowest BCUT2D eigenvalue weighted by Crippen LogP contribution is -2.24. The van der Waals surface area contributed by atoms with Crippen molar-refractivity contribution in [3.63, 3.8) is 0 Å². The summed E-state index contributed by atoms with van der Waals surface area (Å²) >= 11 is 0. The van der Waals surface area contributed by atoms with Gasteiger partial charge in [0.05, 0.1) is 0 Å². The van der Waals surface area contributed by atoms with E-state index in [0.717, 1.165) is 79.4 Å². The number of hydrogen-bond donors (Lipinski definition) is 2. The number of ether oxygens (including phenoxy) is 1. The Hall–Kier alpha value is -3.12. The SMILES string of the molecule is C=CC(C)CN(C)CCCCc1nc(-c2ccc(N)c(Cc3ccc4c(c3)CC(C)(C)O4)c2)n[nH]1. The van der Waals surface area contributed by atoms with Crippen LogP contribution >= 0.6 is 0 Å². The molecular formula is C29H39N5O. The Morgan fingerprint density at radius 1 is 1.23 bits per heavy atom. The molecule has 186 valence electrons. The summed E-state index contributed by atoms with van der Waals surface area (Å²) in [7, 11) is 2.17. The van der Waals surface area contributed by atoms with Crippen LogP contribution in [0.2, 0.25) is 0 Å². The molecule has 1 unspecified atom stereocenters. The molecule has 3 aromatic rings. The number of fused-ring (bicyclic) bond motifs is 1. The Morgan fingerprint density at radius 2 is 2.06 bits per heavy atom. The Bertz CT molecular complexity index is 1170. The van der Waals surface area contributed by atoms with Crippen molar-refractivity contribution in [2.24, 2.45) is 5.92 Å². The number of H-pyrrole nitrogens is 1. The van der Waals surface area contributed by atoms with Crippen LogP contribution in [0.4, 0.5) is 5.69 Å². The average Bonchev–Trinajstić information content (AvgIpc) is 3.40. The quantitative estimate of drug-likeness (QED) is 0.220. The van der Waals surface area contributed by atoms with E-state index in [-0.39, 0.29) is 5.60 Å². The highest BCUT2D eigenvalue weighted by Gasteiger charge is 2.29. The zero-order chi connectivity index (χ0) is 25.0. The van der Waals surface area contributed by atoms with Crippen LogP contribution in [0.5, 0.6) is 5.75 Å². The first kappa shape index (κ1) is 25.0. The maximum absolute atomic E-state index is 6.34. The molecule has 6 nitrogen and oxygen atoms in total. The number of hydrogen-bond acceptors (Lipinski definition) is 5. The van der Waals surface area contributed by atoms with Crippen LogP contribution in [0.3, 0.4) is 0 Å². The predicted molar refractivity (Wildman–Crippen MR) is 144 cm³/mol. The summed E-state index contributed by atoms with van der Waals surface area (Å²) in [4.78, 5) is 7.11. The molecule has 0 radical (unpaired) electrons. The van der Waals surface area contributed by atoms with Gasteiger partial charge in [-0.3, -0.25) is 5.10 Å². The summed E-state index contributed by atoms with van der Waals surface area (Å²) in [6.07, 6.45) is 6.81. The van der Waals surface area contributed by atoms with E-state index < -0.39 is 0 Å². The first-order valence-electron chi connectivity index (χ1n) is 12.6. The van der Waals surface area contributed by atoms with Gasteiger partial charge in [0.1, 0.15) is 17.2 Å². The molecule has 6 heteroatoms. The first-order chi connectivity index (χ1) is 16.7. The molecule has 1 aliphatic rings. The molecule has 2 aromatic carbocycles. The Balaban J connectivity index is 1.36. The van der Waals surface area contributed by atoms with Crippen molar-refractivity contribution in [3.05, 3.63) is 71.6 Å². The molecule has 0 bridgehead atoms. The van der Waals surface area contributed by atoms with Gasteiger partial charge in [-0.25, -0.2) is 4.98 Å². The number of aryl methyl sites for hydroxylation is 1. The number of rotatable bonds is 11. The Morgan fingerprint density at radius 3 is 2.86 bits per heavy atom. The lowest BCUT2D eigenvalue weighted by molar-refractivity contribution is 0.138. The molecule has 0 aliphatic carbocycles. The highest BCUT2D eigenvalue weighted by molar-refractivity contribution is 5.63. The normalized spacial score (nSPS) is 15.1. The molecule has 0 spiro atoms. The van der Waals surface area contributed by atoms with Gasteiger partial charge in [-0.2, -0.15) is 5.10 Å². The molecule has 3 N–H and O–H groups in total. The number of nitrogens with two attached hydrogens (primary N) is 1. The first-order valence-corrected chi connectivity index (χ1v) is 12.6. The van der Waals surface area contributed by atoms with Crippen molar-refractivity contribution < 1.29 is 4.74 Å². The highest BCUT2D eigenvalue weighted by Crippen LogP contribution is 2.36. The van der Waals surface area contributed by atoms with Crippen LogP contribution in [-0.4, -0.2) is 45.8 Å². The number of nitrogen functional groups attached to an aromatic ring is 1. The second-order valence-electron chi connectivity index (χ2n) is 10.6. The maximum atomic E-state index is 6.34. The Labute approximate surface area is 209 Å². The zero-order valence-electron chi connectivity index (χ0n) is 21.6. The number of unbranched alkanes of at least 4 members (excludes halogenated alkanes) is 1. The topological polar surface area (TPSA) is 80.1 Å². The number of nitrogens with zero attached hydrogens (tertiary/aromatic N) is 3. The second kappa shape index (κ2) is 10.6. The van der Waals surface area contributed by atoms with Gasteiger partial charge in [0.2, 0.25) is 0 Å². The van der Waals surface area contributed by atoms with Crippen LogP contribution in [-0.2, 0) is 19.3 Å². The molecule has 1 aromatic heterocycles. The molecule has 4 rings (SSSR count). The highest BCUT2D eigenvalue weighted by atomic mass is 16.5. The summed E-state index contributed by atoms with van der Waals surface area (Å²) < 4.78 is 6.02. The smallest absolute Gasteiger partial charge is 0.181 e. The van der Waals surface area contributed by atoms with E-state index in [1.165, 1.54) is 11.1 Å². The van der Waals surface area contributed by atoms with E-state index in [4.69, 9.17) is 15.5 Å².